The molecular weight excluding hydrogens is 321 g/mol. The first-order chi connectivity index (χ1) is 12.6. The smallest absolute Gasteiger partial charge is 0.423 e. The van der Waals surface area contributed by atoms with Gasteiger partial charge in [0.25, 0.3) is 0 Å². The Labute approximate surface area is 153 Å². The molecule has 0 fully saturated rings. The summed E-state index contributed by atoms with van der Waals surface area (Å²) in [4.78, 5) is 2.19. The lowest BCUT2D eigenvalue weighted by molar-refractivity contribution is 0.425. The third-order valence-corrected chi connectivity index (χ3v) is 4.87. The van der Waals surface area contributed by atoms with Crippen molar-refractivity contribution < 1.29 is 10.0 Å². The van der Waals surface area contributed by atoms with Gasteiger partial charge in [0, 0.05) is 24.4 Å². The van der Waals surface area contributed by atoms with Gasteiger partial charge < -0.3 is 14.9 Å². The van der Waals surface area contributed by atoms with E-state index in [4.69, 9.17) is 0 Å². The SMILES string of the molecule is CN(Cc1ccccc1B(O)O)c1c2ccccc2cc2ccccc12. The van der Waals surface area contributed by atoms with Crippen LogP contribution in [0.3, 0.4) is 0 Å². The molecule has 128 valence electrons. The van der Waals surface area contributed by atoms with Crippen LogP contribution >= 0.6 is 0 Å². The van der Waals surface area contributed by atoms with Crippen LogP contribution in [0.5, 0.6) is 0 Å². The zero-order chi connectivity index (χ0) is 18.1. The maximum atomic E-state index is 9.67. The fraction of sp³-hybridized carbons (Fsp3) is 0.0909. The summed E-state index contributed by atoms with van der Waals surface area (Å²) in [6.45, 7) is 0.589. The van der Waals surface area contributed by atoms with Gasteiger partial charge in [0.05, 0.1) is 5.69 Å². The van der Waals surface area contributed by atoms with Crippen molar-refractivity contribution in [3.8, 4) is 0 Å². The lowest BCUT2D eigenvalue weighted by Crippen LogP contribution is -2.35. The van der Waals surface area contributed by atoms with Gasteiger partial charge in [-0.25, -0.2) is 0 Å². The van der Waals surface area contributed by atoms with Crippen molar-refractivity contribution in [2.75, 3.05) is 11.9 Å². The fourth-order valence-electron chi connectivity index (χ4n) is 3.67. The van der Waals surface area contributed by atoms with Gasteiger partial charge in [-0.15, -0.1) is 0 Å². The van der Waals surface area contributed by atoms with E-state index in [1.54, 1.807) is 6.07 Å². The minimum Gasteiger partial charge on any atom is -0.423 e. The maximum absolute atomic E-state index is 9.67. The van der Waals surface area contributed by atoms with Crippen LogP contribution in [0.15, 0.2) is 78.9 Å². The van der Waals surface area contributed by atoms with Crippen molar-refractivity contribution in [1.29, 1.82) is 0 Å². The molecule has 0 aliphatic heterocycles. The number of rotatable bonds is 4. The summed E-state index contributed by atoms with van der Waals surface area (Å²) < 4.78 is 0. The summed E-state index contributed by atoms with van der Waals surface area (Å²) in [6, 6.07) is 26.4. The lowest BCUT2D eigenvalue weighted by Gasteiger charge is -2.25. The van der Waals surface area contributed by atoms with E-state index >= 15 is 0 Å². The van der Waals surface area contributed by atoms with Gasteiger partial charge >= 0.3 is 7.12 Å². The minimum absolute atomic E-state index is 0.545. The molecule has 2 N–H and O–H groups in total. The standard InChI is InChI=1S/C22H20BNO2/c1-24(15-18-10-4-7-13-21(18)23(25)26)22-19-11-5-2-8-16(19)14-17-9-3-6-12-20(17)22/h2-14,25-26H,15H2,1H3. The first-order valence-electron chi connectivity index (χ1n) is 8.71. The van der Waals surface area contributed by atoms with Crippen LogP contribution in [-0.2, 0) is 6.54 Å². The van der Waals surface area contributed by atoms with E-state index in [9.17, 15) is 10.0 Å². The van der Waals surface area contributed by atoms with Crippen LogP contribution in [0, 0.1) is 0 Å². The molecule has 0 heterocycles. The largest absolute Gasteiger partial charge is 0.488 e. The molecule has 0 saturated heterocycles. The van der Waals surface area contributed by atoms with Crippen molar-refractivity contribution in [2.45, 2.75) is 6.54 Å². The summed E-state index contributed by atoms with van der Waals surface area (Å²) in [7, 11) is 0.582. The number of hydrogen-bond donors (Lipinski definition) is 2. The second-order valence-electron chi connectivity index (χ2n) is 6.60. The predicted octanol–water partition coefficient (Wildman–Crippen LogP) is 3.31. The predicted molar refractivity (Wildman–Crippen MR) is 110 cm³/mol. The van der Waals surface area contributed by atoms with Crippen LogP contribution in [0.2, 0.25) is 0 Å². The average Bonchev–Trinajstić information content (AvgIpc) is 2.66. The number of anilines is 1. The van der Waals surface area contributed by atoms with Gasteiger partial charge in [0.2, 0.25) is 0 Å². The highest BCUT2D eigenvalue weighted by Crippen LogP contribution is 2.35. The molecule has 0 bridgehead atoms. The van der Waals surface area contributed by atoms with E-state index in [-0.39, 0.29) is 0 Å². The Morgan fingerprint density at radius 1 is 0.769 bits per heavy atom. The molecule has 0 aliphatic rings. The number of hydrogen-bond acceptors (Lipinski definition) is 3. The van der Waals surface area contributed by atoms with Gasteiger partial charge in [-0.05, 0) is 27.9 Å². The van der Waals surface area contributed by atoms with E-state index in [0.717, 1.165) is 11.3 Å². The Bertz CT molecular complexity index is 1020. The molecule has 3 nitrogen and oxygen atoms in total. The summed E-state index contributed by atoms with van der Waals surface area (Å²) >= 11 is 0. The molecule has 4 heteroatoms. The van der Waals surface area contributed by atoms with Crippen LogP contribution in [0.1, 0.15) is 5.56 Å². The van der Waals surface area contributed by atoms with Crippen molar-refractivity contribution >= 4 is 39.8 Å². The van der Waals surface area contributed by atoms with Gasteiger partial charge in [0.15, 0.2) is 0 Å². The zero-order valence-electron chi connectivity index (χ0n) is 14.6. The number of benzene rings is 4. The van der Waals surface area contributed by atoms with Crippen LogP contribution in [0.4, 0.5) is 5.69 Å². The Morgan fingerprint density at radius 3 is 1.92 bits per heavy atom. The first-order valence-corrected chi connectivity index (χ1v) is 8.71. The summed E-state index contributed by atoms with van der Waals surface area (Å²) in [5.74, 6) is 0. The molecule has 0 unspecified atom stereocenters. The number of fused-ring (bicyclic) bond motifs is 2. The first kappa shape index (κ1) is 16.6. The van der Waals surface area contributed by atoms with Crippen LogP contribution in [-0.4, -0.2) is 24.2 Å². The quantitative estimate of drug-likeness (QED) is 0.442. The van der Waals surface area contributed by atoms with Gasteiger partial charge in [-0.3, -0.25) is 0 Å². The average molecular weight is 341 g/mol. The lowest BCUT2D eigenvalue weighted by atomic mass is 9.77. The Balaban J connectivity index is 1.87. The van der Waals surface area contributed by atoms with Gasteiger partial charge in [-0.1, -0.05) is 72.8 Å². The molecule has 4 rings (SSSR count). The third kappa shape index (κ3) is 2.94. The van der Waals surface area contributed by atoms with Gasteiger partial charge in [0.1, 0.15) is 0 Å². The van der Waals surface area contributed by atoms with Crippen molar-refractivity contribution in [3.63, 3.8) is 0 Å². The Morgan fingerprint density at radius 2 is 1.31 bits per heavy atom. The zero-order valence-corrected chi connectivity index (χ0v) is 14.6. The van der Waals surface area contributed by atoms with Crippen molar-refractivity contribution in [1.82, 2.24) is 0 Å². The Hall–Kier alpha value is -2.82. The molecule has 4 aromatic carbocycles. The molecule has 4 aromatic rings. The monoisotopic (exact) mass is 341 g/mol. The van der Waals surface area contributed by atoms with E-state index in [2.05, 4.69) is 66.5 Å². The van der Waals surface area contributed by atoms with Crippen molar-refractivity contribution in [2.24, 2.45) is 0 Å². The molecule has 0 aromatic heterocycles. The van der Waals surface area contributed by atoms with E-state index < -0.39 is 7.12 Å². The minimum atomic E-state index is -1.47. The molecule has 0 radical (unpaired) electrons. The third-order valence-electron chi connectivity index (χ3n) is 4.87. The normalized spacial score (nSPS) is 11.0. The molecule has 0 amide bonds. The molecule has 0 spiro atoms. The van der Waals surface area contributed by atoms with Gasteiger partial charge in [-0.2, -0.15) is 0 Å². The summed E-state index contributed by atoms with van der Waals surface area (Å²) in [5.41, 5.74) is 2.60. The molecule has 0 atom stereocenters. The van der Waals surface area contributed by atoms with E-state index in [1.165, 1.54) is 21.5 Å². The van der Waals surface area contributed by atoms with Crippen molar-refractivity contribution in [3.05, 3.63) is 84.4 Å². The molecular formula is C22H20BNO2. The second-order valence-corrected chi connectivity index (χ2v) is 6.60. The second kappa shape index (κ2) is 6.83. The summed E-state index contributed by atoms with van der Waals surface area (Å²) in [5, 5.41) is 24.1. The highest BCUT2D eigenvalue weighted by molar-refractivity contribution is 6.59. The highest BCUT2D eigenvalue weighted by Gasteiger charge is 2.18. The topological polar surface area (TPSA) is 43.7 Å². The molecule has 0 saturated carbocycles. The van der Waals surface area contributed by atoms with Crippen LogP contribution < -0.4 is 10.4 Å². The van der Waals surface area contributed by atoms with E-state index in [1.807, 2.05) is 18.2 Å². The molecule has 0 aliphatic carbocycles. The molecule has 26 heavy (non-hydrogen) atoms. The maximum Gasteiger partial charge on any atom is 0.488 e. The number of nitrogens with zero attached hydrogens (tertiary/aromatic N) is 1. The van der Waals surface area contributed by atoms with E-state index in [0.29, 0.717) is 12.0 Å². The summed E-state index contributed by atoms with van der Waals surface area (Å²) in [6.07, 6.45) is 0. The Kier molecular flexibility index (Phi) is 4.37. The fourth-order valence-corrected chi connectivity index (χ4v) is 3.67. The highest BCUT2D eigenvalue weighted by atomic mass is 16.4. The van der Waals surface area contributed by atoms with Crippen LogP contribution in [0.25, 0.3) is 21.5 Å².